The van der Waals surface area contributed by atoms with Crippen LogP contribution in [0.1, 0.15) is 24.6 Å². The van der Waals surface area contributed by atoms with Gasteiger partial charge in [-0.15, -0.1) is 0 Å². The molecule has 1 aliphatic rings. The molecular weight excluding hydrogens is 248 g/mol. The molecule has 0 aromatic carbocycles. The summed E-state index contributed by atoms with van der Waals surface area (Å²) >= 11 is 5.91. The van der Waals surface area contributed by atoms with Gasteiger partial charge in [0.15, 0.2) is 5.82 Å². The van der Waals surface area contributed by atoms with E-state index in [1.807, 2.05) is 6.07 Å². The molecule has 1 aliphatic carbocycles. The molecule has 0 aliphatic heterocycles. The fourth-order valence-electron chi connectivity index (χ4n) is 1.93. The number of pyridine rings is 1. The number of hydrogen-bond donors (Lipinski definition) is 1. The topological polar surface area (TPSA) is 64.7 Å². The lowest BCUT2D eigenvalue weighted by Gasteiger charge is -2.10. The summed E-state index contributed by atoms with van der Waals surface area (Å²) in [6.45, 7) is 0. The van der Waals surface area contributed by atoms with Crippen LogP contribution in [0, 0.1) is 5.92 Å². The van der Waals surface area contributed by atoms with Crippen LogP contribution in [0.15, 0.2) is 30.7 Å². The van der Waals surface area contributed by atoms with E-state index >= 15 is 0 Å². The van der Waals surface area contributed by atoms with E-state index in [2.05, 4.69) is 15.0 Å². The molecule has 5 heteroatoms. The van der Waals surface area contributed by atoms with Crippen LogP contribution in [0.4, 0.5) is 0 Å². The molecule has 0 radical (unpaired) electrons. The van der Waals surface area contributed by atoms with Crippen LogP contribution in [0.2, 0.25) is 5.02 Å². The maximum Gasteiger partial charge on any atom is 0.161 e. The third-order valence-electron chi connectivity index (χ3n) is 3.11. The smallest absolute Gasteiger partial charge is 0.161 e. The van der Waals surface area contributed by atoms with Gasteiger partial charge < -0.3 is 5.73 Å². The minimum atomic E-state index is 0.0129. The van der Waals surface area contributed by atoms with Gasteiger partial charge in [0.2, 0.25) is 0 Å². The van der Waals surface area contributed by atoms with E-state index in [-0.39, 0.29) is 6.04 Å². The molecule has 0 bridgehead atoms. The summed E-state index contributed by atoms with van der Waals surface area (Å²) < 4.78 is 0. The maximum atomic E-state index is 6.15. The Morgan fingerprint density at radius 2 is 2.17 bits per heavy atom. The molecule has 4 nitrogen and oxygen atoms in total. The highest BCUT2D eigenvalue weighted by Crippen LogP contribution is 2.38. The molecule has 0 amide bonds. The van der Waals surface area contributed by atoms with Gasteiger partial charge in [0.05, 0.1) is 10.7 Å². The van der Waals surface area contributed by atoms with Crippen molar-refractivity contribution in [3.63, 3.8) is 0 Å². The molecule has 2 heterocycles. The van der Waals surface area contributed by atoms with Crippen LogP contribution in [0.25, 0.3) is 11.4 Å². The Morgan fingerprint density at radius 1 is 1.33 bits per heavy atom. The van der Waals surface area contributed by atoms with Crippen LogP contribution < -0.4 is 5.73 Å². The predicted octanol–water partition coefficient (Wildman–Crippen LogP) is 2.60. The van der Waals surface area contributed by atoms with Crippen LogP contribution in [0.5, 0.6) is 0 Å². The van der Waals surface area contributed by atoms with E-state index in [0.717, 1.165) is 11.3 Å². The summed E-state index contributed by atoms with van der Waals surface area (Å²) in [5.41, 5.74) is 7.85. The van der Waals surface area contributed by atoms with Crippen molar-refractivity contribution in [2.45, 2.75) is 18.9 Å². The summed E-state index contributed by atoms with van der Waals surface area (Å²) in [7, 11) is 0. The van der Waals surface area contributed by atoms with Gasteiger partial charge in [-0.2, -0.15) is 0 Å². The van der Waals surface area contributed by atoms with E-state index in [1.54, 1.807) is 24.7 Å². The van der Waals surface area contributed by atoms with E-state index in [0.29, 0.717) is 16.8 Å². The van der Waals surface area contributed by atoms with Gasteiger partial charge in [-0.1, -0.05) is 11.6 Å². The standard InChI is InChI=1S/C13H13ClN4/c14-10-5-9(6-16-7-10)13-17-4-3-11(18-13)12(15)8-1-2-8/h3-8,12H,1-2,15H2. The molecule has 18 heavy (non-hydrogen) atoms. The Balaban J connectivity index is 1.95. The molecule has 1 saturated carbocycles. The van der Waals surface area contributed by atoms with E-state index in [1.165, 1.54) is 12.8 Å². The monoisotopic (exact) mass is 260 g/mol. The highest BCUT2D eigenvalue weighted by atomic mass is 35.5. The van der Waals surface area contributed by atoms with Crippen molar-refractivity contribution in [3.05, 3.63) is 41.4 Å². The number of halogens is 1. The van der Waals surface area contributed by atoms with E-state index in [9.17, 15) is 0 Å². The van der Waals surface area contributed by atoms with Crippen molar-refractivity contribution >= 4 is 11.6 Å². The largest absolute Gasteiger partial charge is 0.322 e. The summed E-state index contributed by atoms with van der Waals surface area (Å²) in [6, 6.07) is 3.69. The molecule has 1 unspecified atom stereocenters. The van der Waals surface area contributed by atoms with Crippen molar-refractivity contribution in [1.82, 2.24) is 15.0 Å². The number of rotatable bonds is 3. The zero-order valence-electron chi connectivity index (χ0n) is 9.75. The zero-order valence-corrected chi connectivity index (χ0v) is 10.5. The number of nitrogens with two attached hydrogens (primary N) is 1. The van der Waals surface area contributed by atoms with Crippen molar-refractivity contribution in [3.8, 4) is 11.4 Å². The Morgan fingerprint density at radius 3 is 2.89 bits per heavy atom. The average Bonchev–Trinajstić information content (AvgIpc) is 3.22. The Bertz CT molecular complexity index is 568. The second kappa shape index (κ2) is 4.63. The fourth-order valence-corrected chi connectivity index (χ4v) is 2.10. The lowest BCUT2D eigenvalue weighted by Crippen LogP contribution is -2.14. The molecular formula is C13H13ClN4. The number of hydrogen-bond acceptors (Lipinski definition) is 4. The van der Waals surface area contributed by atoms with Crippen LogP contribution in [-0.4, -0.2) is 15.0 Å². The van der Waals surface area contributed by atoms with E-state index < -0.39 is 0 Å². The molecule has 1 fully saturated rings. The second-order valence-electron chi connectivity index (χ2n) is 4.56. The first-order valence-corrected chi connectivity index (χ1v) is 6.31. The lowest BCUT2D eigenvalue weighted by molar-refractivity contribution is 0.613. The van der Waals surface area contributed by atoms with Gasteiger partial charge in [0, 0.05) is 30.2 Å². The normalized spacial score (nSPS) is 16.6. The van der Waals surface area contributed by atoms with Crippen LogP contribution in [-0.2, 0) is 0 Å². The summed E-state index contributed by atoms with van der Waals surface area (Å²) in [6.07, 6.45) is 7.41. The second-order valence-corrected chi connectivity index (χ2v) is 5.00. The minimum absolute atomic E-state index is 0.0129. The maximum absolute atomic E-state index is 6.15. The van der Waals surface area contributed by atoms with Gasteiger partial charge in [0.1, 0.15) is 0 Å². The highest BCUT2D eigenvalue weighted by Gasteiger charge is 2.30. The summed E-state index contributed by atoms with van der Waals surface area (Å²) in [4.78, 5) is 12.8. The van der Waals surface area contributed by atoms with Gasteiger partial charge in [0.25, 0.3) is 0 Å². The molecule has 2 N–H and O–H groups in total. The van der Waals surface area contributed by atoms with Crippen molar-refractivity contribution < 1.29 is 0 Å². The first-order chi connectivity index (χ1) is 8.74. The molecule has 0 spiro atoms. The molecule has 3 rings (SSSR count). The Hall–Kier alpha value is -1.52. The summed E-state index contributed by atoms with van der Waals surface area (Å²) in [5.74, 6) is 1.20. The molecule has 92 valence electrons. The Kier molecular flexibility index (Phi) is 2.97. The fraction of sp³-hybridized carbons (Fsp3) is 0.308. The lowest BCUT2D eigenvalue weighted by atomic mass is 10.1. The van der Waals surface area contributed by atoms with Gasteiger partial charge in [-0.05, 0) is 30.9 Å². The van der Waals surface area contributed by atoms with Crippen molar-refractivity contribution in [2.75, 3.05) is 0 Å². The van der Waals surface area contributed by atoms with Crippen molar-refractivity contribution in [1.29, 1.82) is 0 Å². The van der Waals surface area contributed by atoms with Crippen LogP contribution >= 0.6 is 11.6 Å². The molecule has 2 aromatic rings. The minimum Gasteiger partial charge on any atom is -0.322 e. The van der Waals surface area contributed by atoms with Gasteiger partial charge in [-0.3, -0.25) is 4.98 Å². The molecule has 1 atom stereocenters. The first kappa shape index (κ1) is 11.6. The average molecular weight is 261 g/mol. The van der Waals surface area contributed by atoms with Gasteiger partial charge >= 0.3 is 0 Å². The Labute approximate surface area is 110 Å². The predicted molar refractivity (Wildman–Crippen MR) is 69.9 cm³/mol. The molecule has 0 saturated heterocycles. The summed E-state index contributed by atoms with van der Waals surface area (Å²) in [5, 5.41) is 0.577. The third-order valence-corrected chi connectivity index (χ3v) is 3.32. The van der Waals surface area contributed by atoms with Crippen molar-refractivity contribution in [2.24, 2.45) is 11.7 Å². The first-order valence-electron chi connectivity index (χ1n) is 5.93. The number of nitrogens with zero attached hydrogens (tertiary/aromatic N) is 3. The van der Waals surface area contributed by atoms with Crippen LogP contribution in [0.3, 0.4) is 0 Å². The third kappa shape index (κ3) is 2.35. The van der Waals surface area contributed by atoms with E-state index in [4.69, 9.17) is 17.3 Å². The quantitative estimate of drug-likeness (QED) is 0.921. The van der Waals surface area contributed by atoms with Gasteiger partial charge in [-0.25, -0.2) is 9.97 Å². The SMILES string of the molecule is NC(c1ccnc(-c2cncc(Cl)c2)n1)C1CC1. The number of aromatic nitrogens is 3. The molecule has 2 aromatic heterocycles. The zero-order chi connectivity index (χ0) is 12.5. The highest BCUT2D eigenvalue weighted by molar-refractivity contribution is 6.30.